The lowest BCUT2D eigenvalue weighted by Gasteiger charge is -2.12. The summed E-state index contributed by atoms with van der Waals surface area (Å²) < 4.78 is 0. The fraction of sp³-hybridized carbons (Fsp3) is 0.417. The minimum absolute atomic E-state index is 0.108. The van der Waals surface area contributed by atoms with Crippen molar-refractivity contribution in [2.24, 2.45) is 0 Å². The van der Waals surface area contributed by atoms with Crippen LogP contribution in [0.5, 0.6) is 0 Å². The smallest absolute Gasteiger partial charge is 0.222 e. The molecule has 0 fully saturated rings. The number of hydrogen-bond donors (Lipinski definition) is 1. The first kappa shape index (κ1) is 15.4. The monoisotopic (exact) mass is 308 g/mol. The Morgan fingerprint density at radius 1 is 1.17 bits per heavy atom. The lowest BCUT2D eigenvalue weighted by atomic mass is 10.2. The Hall–Kier alpha value is -0.640. The molecule has 0 unspecified atom stereocenters. The van der Waals surface area contributed by atoms with Crippen molar-refractivity contribution in [3.63, 3.8) is 0 Å². The summed E-state index contributed by atoms with van der Waals surface area (Å²) in [6.07, 6.45) is 1.23. The van der Waals surface area contributed by atoms with Crippen LogP contribution in [0, 0.1) is 0 Å². The summed E-state index contributed by atoms with van der Waals surface area (Å²) in [4.78, 5) is 12.9. The first-order valence-corrected chi connectivity index (χ1v) is 6.63. The molecule has 1 amide bonds. The zero-order valence-electron chi connectivity index (χ0n) is 10.3. The van der Waals surface area contributed by atoms with E-state index in [1.165, 1.54) is 0 Å². The molecule has 1 aromatic rings. The molecule has 0 aliphatic carbocycles. The quantitative estimate of drug-likeness (QED) is 0.660. The molecule has 0 bridgehead atoms. The molecule has 1 N–H and O–H groups in total. The molecular formula is C12H15Cl3N2O. The normalized spacial score (nSPS) is 10.3. The summed E-state index contributed by atoms with van der Waals surface area (Å²) in [5, 5.41) is 4.52. The van der Waals surface area contributed by atoms with Crippen molar-refractivity contribution in [2.45, 2.75) is 12.8 Å². The van der Waals surface area contributed by atoms with E-state index in [0.717, 1.165) is 12.1 Å². The van der Waals surface area contributed by atoms with Crippen LogP contribution in [0.25, 0.3) is 0 Å². The van der Waals surface area contributed by atoms with Gasteiger partial charge >= 0.3 is 0 Å². The Balaban J connectivity index is 2.45. The first-order valence-electron chi connectivity index (χ1n) is 5.50. The molecular weight excluding hydrogens is 295 g/mol. The summed E-state index contributed by atoms with van der Waals surface area (Å²) in [5.41, 5.74) is 0.725. The second-order valence-electron chi connectivity index (χ2n) is 4.06. The zero-order valence-corrected chi connectivity index (χ0v) is 12.5. The van der Waals surface area contributed by atoms with Crippen LogP contribution in [0.3, 0.4) is 0 Å². The van der Waals surface area contributed by atoms with E-state index in [1.54, 1.807) is 31.1 Å². The summed E-state index contributed by atoms with van der Waals surface area (Å²) in [6.45, 7) is 0.650. The topological polar surface area (TPSA) is 32.3 Å². The van der Waals surface area contributed by atoms with Crippen molar-refractivity contribution in [1.29, 1.82) is 0 Å². The average Bonchev–Trinajstić information content (AvgIpc) is 2.30. The van der Waals surface area contributed by atoms with Crippen LogP contribution in [0.15, 0.2) is 12.1 Å². The molecule has 1 rings (SSSR count). The highest BCUT2D eigenvalue weighted by atomic mass is 35.5. The molecule has 0 aliphatic heterocycles. The van der Waals surface area contributed by atoms with E-state index in [0.29, 0.717) is 28.0 Å². The number of amides is 1. The number of nitrogens with zero attached hydrogens (tertiary/aromatic N) is 1. The van der Waals surface area contributed by atoms with Crippen LogP contribution in [0.1, 0.15) is 12.8 Å². The average molecular weight is 310 g/mol. The van der Waals surface area contributed by atoms with Gasteiger partial charge in [0.05, 0.1) is 20.8 Å². The fourth-order valence-electron chi connectivity index (χ4n) is 1.34. The number of carbonyl (C=O) groups is 1. The number of carbonyl (C=O) groups excluding carboxylic acids is 1. The highest BCUT2D eigenvalue weighted by Crippen LogP contribution is 2.32. The molecule has 0 saturated carbocycles. The van der Waals surface area contributed by atoms with Gasteiger partial charge in [-0.15, -0.1) is 0 Å². The van der Waals surface area contributed by atoms with Gasteiger partial charge in [-0.3, -0.25) is 4.79 Å². The zero-order chi connectivity index (χ0) is 13.7. The highest BCUT2D eigenvalue weighted by Gasteiger charge is 2.06. The van der Waals surface area contributed by atoms with Gasteiger partial charge in [0, 0.05) is 27.1 Å². The molecule has 0 saturated heterocycles. The summed E-state index contributed by atoms with van der Waals surface area (Å²) in [6, 6.07) is 3.28. The van der Waals surface area contributed by atoms with Crippen molar-refractivity contribution >= 4 is 46.4 Å². The van der Waals surface area contributed by atoms with Crippen LogP contribution in [0.4, 0.5) is 5.69 Å². The van der Waals surface area contributed by atoms with E-state index < -0.39 is 0 Å². The van der Waals surface area contributed by atoms with Crippen LogP contribution in [-0.4, -0.2) is 31.4 Å². The van der Waals surface area contributed by atoms with Gasteiger partial charge in [-0.25, -0.2) is 0 Å². The van der Waals surface area contributed by atoms with Crippen molar-refractivity contribution in [3.8, 4) is 0 Å². The standard InChI is InChI=1S/C12H15Cl3N2O/c1-17(2)12(18)4-3-5-16-11-7-9(14)8(13)6-10(11)15/h6-7,16H,3-5H2,1-2H3. The van der Waals surface area contributed by atoms with Crippen LogP contribution >= 0.6 is 34.8 Å². The molecule has 0 radical (unpaired) electrons. The summed E-state index contributed by atoms with van der Waals surface area (Å²) in [7, 11) is 3.48. The number of benzene rings is 1. The molecule has 0 atom stereocenters. The Morgan fingerprint density at radius 3 is 2.39 bits per heavy atom. The molecule has 18 heavy (non-hydrogen) atoms. The number of halogens is 3. The molecule has 0 heterocycles. The van der Waals surface area contributed by atoms with E-state index in [1.807, 2.05) is 0 Å². The molecule has 100 valence electrons. The van der Waals surface area contributed by atoms with Crippen LogP contribution in [0.2, 0.25) is 15.1 Å². The van der Waals surface area contributed by atoms with Gasteiger partial charge in [0.1, 0.15) is 0 Å². The third kappa shape index (κ3) is 4.56. The minimum Gasteiger partial charge on any atom is -0.384 e. The molecule has 1 aromatic carbocycles. The van der Waals surface area contributed by atoms with Gasteiger partial charge in [0.25, 0.3) is 0 Å². The van der Waals surface area contributed by atoms with Crippen molar-refractivity contribution in [1.82, 2.24) is 4.90 Å². The number of rotatable bonds is 5. The van der Waals surface area contributed by atoms with Crippen molar-refractivity contribution in [3.05, 3.63) is 27.2 Å². The van der Waals surface area contributed by atoms with Gasteiger partial charge in [-0.2, -0.15) is 0 Å². The Labute approximate surface area is 122 Å². The predicted octanol–water partition coefficient (Wildman–Crippen LogP) is 3.93. The summed E-state index contributed by atoms with van der Waals surface area (Å²) >= 11 is 17.7. The number of nitrogens with one attached hydrogen (secondary N) is 1. The maximum Gasteiger partial charge on any atom is 0.222 e. The lowest BCUT2D eigenvalue weighted by Crippen LogP contribution is -2.22. The number of anilines is 1. The second kappa shape index (κ2) is 7.07. The van der Waals surface area contributed by atoms with E-state index >= 15 is 0 Å². The third-order valence-electron chi connectivity index (χ3n) is 2.39. The van der Waals surface area contributed by atoms with Gasteiger partial charge in [0.2, 0.25) is 5.91 Å². The molecule has 0 spiro atoms. The first-order chi connectivity index (χ1) is 8.41. The van der Waals surface area contributed by atoms with Crippen LogP contribution in [-0.2, 0) is 4.79 Å². The Morgan fingerprint density at radius 2 is 1.78 bits per heavy atom. The maximum atomic E-state index is 11.4. The van der Waals surface area contributed by atoms with Crippen molar-refractivity contribution < 1.29 is 4.79 Å². The Bertz CT molecular complexity index is 436. The van der Waals surface area contributed by atoms with Gasteiger partial charge in [-0.1, -0.05) is 34.8 Å². The Kier molecular flexibility index (Phi) is 6.06. The van der Waals surface area contributed by atoms with E-state index in [4.69, 9.17) is 34.8 Å². The van der Waals surface area contributed by atoms with E-state index in [9.17, 15) is 4.79 Å². The number of hydrogen-bond acceptors (Lipinski definition) is 2. The predicted molar refractivity (Wildman–Crippen MR) is 77.9 cm³/mol. The molecule has 6 heteroatoms. The largest absolute Gasteiger partial charge is 0.384 e. The fourth-order valence-corrected chi connectivity index (χ4v) is 1.96. The van der Waals surface area contributed by atoms with E-state index in [-0.39, 0.29) is 5.91 Å². The van der Waals surface area contributed by atoms with Gasteiger partial charge < -0.3 is 10.2 Å². The highest BCUT2D eigenvalue weighted by molar-refractivity contribution is 6.44. The van der Waals surface area contributed by atoms with Gasteiger partial charge in [-0.05, 0) is 18.6 Å². The molecule has 3 nitrogen and oxygen atoms in total. The summed E-state index contributed by atoms with van der Waals surface area (Å²) in [5.74, 6) is 0.108. The SMILES string of the molecule is CN(C)C(=O)CCCNc1cc(Cl)c(Cl)cc1Cl. The second-order valence-corrected chi connectivity index (χ2v) is 5.29. The van der Waals surface area contributed by atoms with Gasteiger partial charge in [0.15, 0.2) is 0 Å². The molecule has 0 aliphatic rings. The van der Waals surface area contributed by atoms with Crippen molar-refractivity contribution in [2.75, 3.05) is 26.0 Å². The lowest BCUT2D eigenvalue weighted by molar-refractivity contribution is -0.128. The maximum absolute atomic E-state index is 11.4. The van der Waals surface area contributed by atoms with Crippen LogP contribution < -0.4 is 5.32 Å². The van der Waals surface area contributed by atoms with E-state index in [2.05, 4.69) is 5.32 Å². The minimum atomic E-state index is 0.108. The third-order valence-corrected chi connectivity index (χ3v) is 3.43. The molecule has 0 aromatic heterocycles.